The summed E-state index contributed by atoms with van der Waals surface area (Å²) in [7, 11) is 0. The van der Waals surface area contributed by atoms with E-state index < -0.39 is 6.04 Å². The van der Waals surface area contributed by atoms with E-state index in [2.05, 4.69) is 20.7 Å². The van der Waals surface area contributed by atoms with E-state index in [-0.39, 0.29) is 17.5 Å². The molecule has 1 aromatic carbocycles. The summed E-state index contributed by atoms with van der Waals surface area (Å²) in [6.07, 6.45) is 3.74. The number of benzene rings is 1. The largest absolute Gasteiger partial charge is 0.338 e. The number of rotatable bonds is 3. The molecule has 3 aromatic rings. The fraction of sp³-hybridized carbons (Fsp3) is 0.158. The summed E-state index contributed by atoms with van der Waals surface area (Å²) in [5, 5.41) is 9.76. The third-order valence-electron chi connectivity index (χ3n) is 4.30. The molecule has 2 N–H and O–H groups in total. The Hall–Kier alpha value is -3.48. The highest BCUT2D eigenvalue weighted by molar-refractivity contribution is 6.01. The molecule has 4 rings (SSSR count). The lowest BCUT2D eigenvalue weighted by Gasteiger charge is -2.24. The van der Waals surface area contributed by atoms with Crippen LogP contribution in [-0.2, 0) is 11.2 Å². The highest BCUT2D eigenvalue weighted by Gasteiger charge is 2.28. The molecule has 130 valence electrons. The van der Waals surface area contributed by atoms with Crippen LogP contribution in [0.2, 0.25) is 0 Å². The van der Waals surface area contributed by atoms with Gasteiger partial charge in [-0.1, -0.05) is 23.8 Å². The fourth-order valence-corrected chi connectivity index (χ4v) is 2.87. The van der Waals surface area contributed by atoms with Crippen LogP contribution in [0.4, 0.5) is 5.82 Å². The Morgan fingerprint density at radius 3 is 2.85 bits per heavy atom. The minimum Gasteiger partial charge on any atom is -0.338 e. The first kappa shape index (κ1) is 16.0. The lowest BCUT2D eigenvalue weighted by molar-refractivity contribution is -0.118. The number of aromatic nitrogens is 3. The Labute approximate surface area is 150 Å². The van der Waals surface area contributed by atoms with Gasteiger partial charge < -0.3 is 10.6 Å². The average molecular weight is 347 g/mol. The number of anilines is 1. The smallest absolute Gasteiger partial charge is 0.272 e. The van der Waals surface area contributed by atoms with E-state index in [1.807, 2.05) is 37.3 Å². The van der Waals surface area contributed by atoms with Gasteiger partial charge in [0.25, 0.3) is 5.91 Å². The SMILES string of the molecule is Cc1ccc(-n2ccc(C(=O)NC3Cc4cccnc4NC3=O)n2)cc1. The van der Waals surface area contributed by atoms with Crippen molar-refractivity contribution >= 4 is 17.6 Å². The lowest BCUT2D eigenvalue weighted by atomic mass is 10.0. The molecule has 7 heteroatoms. The van der Waals surface area contributed by atoms with Crippen molar-refractivity contribution in [3.8, 4) is 5.69 Å². The van der Waals surface area contributed by atoms with Crippen molar-refractivity contribution in [3.05, 3.63) is 71.7 Å². The van der Waals surface area contributed by atoms with Gasteiger partial charge in [-0.15, -0.1) is 0 Å². The van der Waals surface area contributed by atoms with E-state index >= 15 is 0 Å². The maximum atomic E-state index is 12.5. The van der Waals surface area contributed by atoms with E-state index in [1.54, 1.807) is 29.2 Å². The van der Waals surface area contributed by atoms with E-state index in [1.165, 1.54) is 0 Å². The number of hydrogen-bond acceptors (Lipinski definition) is 4. The van der Waals surface area contributed by atoms with Crippen LogP contribution in [0.5, 0.6) is 0 Å². The predicted molar refractivity (Wildman–Crippen MR) is 96.1 cm³/mol. The second-order valence-corrected chi connectivity index (χ2v) is 6.21. The summed E-state index contributed by atoms with van der Waals surface area (Å²) >= 11 is 0. The Kier molecular flexibility index (Phi) is 3.96. The van der Waals surface area contributed by atoms with Gasteiger partial charge in [-0.25, -0.2) is 9.67 Å². The summed E-state index contributed by atoms with van der Waals surface area (Å²) in [6.45, 7) is 2.01. The van der Waals surface area contributed by atoms with Gasteiger partial charge in [0.05, 0.1) is 5.69 Å². The molecular weight excluding hydrogens is 330 g/mol. The van der Waals surface area contributed by atoms with Crippen LogP contribution in [0.15, 0.2) is 54.9 Å². The molecular formula is C19H17N5O2. The van der Waals surface area contributed by atoms with Gasteiger partial charge in [0.1, 0.15) is 11.9 Å². The zero-order valence-corrected chi connectivity index (χ0v) is 14.1. The van der Waals surface area contributed by atoms with Crippen molar-refractivity contribution in [2.75, 3.05) is 5.32 Å². The fourth-order valence-electron chi connectivity index (χ4n) is 2.87. The molecule has 2 aromatic heterocycles. The number of aryl methyl sites for hydroxylation is 1. The zero-order chi connectivity index (χ0) is 18.1. The number of fused-ring (bicyclic) bond motifs is 1. The molecule has 0 saturated carbocycles. The first-order valence-corrected chi connectivity index (χ1v) is 8.28. The molecule has 0 fully saturated rings. The standard InChI is InChI=1S/C19H17N5O2/c1-12-4-6-14(7-5-12)24-10-8-15(23-24)18(25)21-16-11-13-3-2-9-20-17(13)22-19(16)26/h2-10,16H,11H2,1H3,(H,21,25)(H,20,22,26). The van der Waals surface area contributed by atoms with Gasteiger partial charge in [0, 0.05) is 18.8 Å². The number of hydrogen-bond donors (Lipinski definition) is 2. The van der Waals surface area contributed by atoms with E-state index in [0.717, 1.165) is 16.8 Å². The molecule has 0 aliphatic carbocycles. The van der Waals surface area contributed by atoms with E-state index in [9.17, 15) is 9.59 Å². The number of carbonyl (C=O) groups is 2. The van der Waals surface area contributed by atoms with E-state index in [4.69, 9.17) is 0 Å². The average Bonchev–Trinajstić information content (AvgIpc) is 3.13. The zero-order valence-electron chi connectivity index (χ0n) is 14.1. The van der Waals surface area contributed by atoms with Gasteiger partial charge >= 0.3 is 0 Å². The van der Waals surface area contributed by atoms with E-state index in [0.29, 0.717) is 12.2 Å². The van der Waals surface area contributed by atoms with Crippen LogP contribution in [-0.4, -0.2) is 32.6 Å². The molecule has 1 aliphatic heterocycles. The molecule has 1 aliphatic rings. The van der Waals surface area contributed by atoms with Gasteiger partial charge in [-0.3, -0.25) is 9.59 Å². The third kappa shape index (κ3) is 3.06. The number of nitrogens with zero attached hydrogens (tertiary/aromatic N) is 3. The van der Waals surface area contributed by atoms with Crippen LogP contribution in [0, 0.1) is 6.92 Å². The summed E-state index contributed by atoms with van der Waals surface area (Å²) in [5.41, 5.74) is 3.17. The second kappa shape index (κ2) is 6.44. The normalized spacial score (nSPS) is 15.9. The number of pyridine rings is 1. The van der Waals surface area contributed by atoms with Gasteiger partial charge in [-0.05, 0) is 36.8 Å². The lowest BCUT2D eigenvalue weighted by Crippen LogP contribution is -2.47. The van der Waals surface area contributed by atoms with Gasteiger partial charge in [0.2, 0.25) is 5.91 Å². The first-order valence-electron chi connectivity index (χ1n) is 8.28. The van der Waals surface area contributed by atoms with Crippen molar-refractivity contribution in [1.29, 1.82) is 0 Å². The molecule has 0 radical (unpaired) electrons. The summed E-state index contributed by atoms with van der Waals surface area (Å²) < 4.78 is 1.63. The molecule has 1 atom stereocenters. The monoisotopic (exact) mass is 347 g/mol. The molecule has 3 heterocycles. The summed E-state index contributed by atoms with van der Waals surface area (Å²) in [4.78, 5) is 28.8. The molecule has 0 spiro atoms. The highest BCUT2D eigenvalue weighted by atomic mass is 16.2. The molecule has 7 nitrogen and oxygen atoms in total. The van der Waals surface area contributed by atoms with Crippen molar-refractivity contribution in [2.24, 2.45) is 0 Å². The van der Waals surface area contributed by atoms with Crippen LogP contribution < -0.4 is 10.6 Å². The third-order valence-corrected chi connectivity index (χ3v) is 4.30. The Morgan fingerprint density at radius 2 is 2.04 bits per heavy atom. The second-order valence-electron chi connectivity index (χ2n) is 6.21. The van der Waals surface area contributed by atoms with Gasteiger partial charge in [0.15, 0.2) is 5.69 Å². The minimum atomic E-state index is -0.649. The molecule has 2 amide bonds. The molecule has 0 bridgehead atoms. The summed E-state index contributed by atoms with van der Waals surface area (Å²) in [6, 6.07) is 12.5. The van der Waals surface area contributed by atoms with Crippen molar-refractivity contribution in [2.45, 2.75) is 19.4 Å². The highest BCUT2D eigenvalue weighted by Crippen LogP contribution is 2.19. The number of nitrogens with one attached hydrogen (secondary N) is 2. The van der Waals surface area contributed by atoms with Crippen LogP contribution in [0.25, 0.3) is 5.69 Å². The van der Waals surface area contributed by atoms with Crippen molar-refractivity contribution in [3.63, 3.8) is 0 Å². The maximum absolute atomic E-state index is 12.5. The van der Waals surface area contributed by atoms with Gasteiger partial charge in [-0.2, -0.15) is 5.10 Å². The number of amides is 2. The van der Waals surface area contributed by atoms with Crippen LogP contribution in [0.1, 0.15) is 21.6 Å². The van der Waals surface area contributed by atoms with Crippen molar-refractivity contribution in [1.82, 2.24) is 20.1 Å². The first-order chi connectivity index (χ1) is 12.6. The molecule has 0 saturated heterocycles. The predicted octanol–water partition coefficient (Wildman–Crippen LogP) is 1.87. The number of carbonyl (C=O) groups excluding carboxylic acids is 2. The van der Waals surface area contributed by atoms with Crippen molar-refractivity contribution < 1.29 is 9.59 Å². The molecule has 26 heavy (non-hydrogen) atoms. The van der Waals surface area contributed by atoms with Crippen LogP contribution >= 0.6 is 0 Å². The summed E-state index contributed by atoms with van der Waals surface area (Å²) in [5.74, 6) is -0.113. The topological polar surface area (TPSA) is 88.9 Å². The maximum Gasteiger partial charge on any atom is 0.272 e. The quantitative estimate of drug-likeness (QED) is 0.757. The Balaban J connectivity index is 1.49. The Morgan fingerprint density at radius 1 is 1.23 bits per heavy atom. The Bertz CT molecular complexity index is 978. The molecule has 1 unspecified atom stereocenters. The minimum absolute atomic E-state index is 0.260. The van der Waals surface area contributed by atoms with Crippen LogP contribution in [0.3, 0.4) is 0 Å².